The fraction of sp³-hybridized carbons (Fsp3) is 0.462. The summed E-state index contributed by atoms with van der Waals surface area (Å²) in [7, 11) is 0. The van der Waals surface area contributed by atoms with Crippen LogP contribution in [0.2, 0.25) is 0 Å². The second-order valence-electron chi connectivity index (χ2n) is 3.95. The Bertz CT molecular complexity index is 389. The normalized spacial score (nSPS) is 10.4. The summed E-state index contributed by atoms with van der Waals surface area (Å²) in [6.45, 7) is 4.84. The van der Waals surface area contributed by atoms with Crippen LogP contribution in [0.25, 0.3) is 0 Å². The zero-order chi connectivity index (χ0) is 12.8. The van der Waals surface area contributed by atoms with Crippen LogP contribution in [0.5, 0.6) is 0 Å². The molecule has 0 heterocycles. The number of carbonyl (C=O) groups is 1. The second-order valence-corrected chi connectivity index (χ2v) is 4.32. The van der Waals surface area contributed by atoms with Gasteiger partial charge in [0.05, 0.1) is 0 Å². The topological polar surface area (TPSA) is 20.3 Å². The van der Waals surface area contributed by atoms with E-state index < -0.39 is 0 Å². The minimum atomic E-state index is -0.291. The second kappa shape index (κ2) is 6.60. The predicted molar refractivity (Wildman–Crippen MR) is 68.1 cm³/mol. The van der Waals surface area contributed by atoms with Gasteiger partial charge >= 0.3 is 0 Å². The Morgan fingerprint density at radius 1 is 1.41 bits per heavy atom. The van der Waals surface area contributed by atoms with Gasteiger partial charge in [0.25, 0.3) is 5.91 Å². The molecule has 1 rings (SSSR count). The van der Waals surface area contributed by atoms with Gasteiger partial charge < -0.3 is 4.90 Å². The number of halogens is 2. The van der Waals surface area contributed by atoms with E-state index in [9.17, 15) is 9.18 Å². The van der Waals surface area contributed by atoms with Gasteiger partial charge in [0, 0.05) is 24.5 Å². The molecule has 4 heteroatoms. The van der Waals surface area contributed by atoms with Crippen LogP contribution in [0.4, 0.5) is 4.39 Å². The Morgan fingerprint density at radius 3 is 2.65 bits per heavy atom. The molecule has 0 unspecified atom stereocenters. The molecule has 17 heavy (non-hydrogen) atoms. The number of benzene rings is 1. The van der Waals surface area contributed by atoms with E-state index in [1.165, 1.54) is 12.1 Å². The molecule has 1 amide bonds. The summed E-state index contributed by atoms with van der Waals surface area (Å²) in [4.78, 5) is 13.8. The van der Waals surface area contributed by atoms with Gasteiger partial charge in [-0.05, 0) is 37.1 Å². The SMILES string of the molecule is CCCN(CCCl)C(=O)c1ccc(F)c(C)c1. The highest BCUT2D eigenvalue weighted by atomic mass is 35.5. The number of nitrogens with zero attached hydrogens (tertiary/aromatic N) is 1. The Hall–Kier alpha value is -1.09. The van der Waals surface area contributed by atoms with E-state index in [-0.39, 0.29) is 11.7 Å². The Labute approximate surface area is 106 Å². The molecular weight excluding hydrogens is 241 g/mol. The molecule has 0 bridgehead atoms. The summed E-state index contributed by atoms with van der Waals surface area (Å²) in [6.07, 6.45) is 0.878. The van der Waals surface area contributed by atoms with Gasteiger partial charge in [-0.3, -0.25) is 4.79 Å². The van der Waals surface area contributed by atoms with Crippen molar-refractivity contribution in [3.8, 4) is 0 Å². The van der Waals surface area contributed by atoms with E-state index in [0.29, 0.717) is 30.1 Å². The molecule has 0 aliphatic heterocycles. The first-order valence-corrected chi connectivity index (χ1v) is 6.25. The van der Waals surface area contributed by atoms with Gasteiger partial charge in [-0.1, -0.05) is 6.92 Å². The first-order valence-electron chi connectivity index (χ1n) is 5.71. The predicted octanol–water partition coefficient (Wildman–Crippen LogP) is 3.23. The molecule has 0 spiro atoms. The highest BCUT2D eigenvalue weighted by molar-refractivity contribution is 6.18. The Balaban J connectivity index is 2.88. The molecule has 0 fully saturated rings. The van der Waals surface area contributed by atoms with Crippen molar-refractivity contribution < 1.29 is 9.18 Å². The van der Waals surface area contributed by atoms with Crippen molar-refractivity contribution in [2.45, 2.75) is 20.3 Å². The van der Waals surface area contributed by atoms with E-state index in [4.69, 9.17) is 11.6 Å². The molecule has 0 aliphatic rings. The van der Waals surface area contributed by atoms with Crippen molar-refractivity contribution in [3.05, 3.63) is 35.1 Å². The maximum absolute atomic E-state index is 13.1. The summed E-state index contributed by atoms with van der Waals surface area (Å²) in [5.74, 6) is 0.0304. The van der Waals surface area contributed by atoms with Crippen LogP contribution in [-0.2, 0) is 0 Å². The molecule has 0 saturated carbocycles. The number of amides is 1. The number of aryl methyl sites for hydroxylation is 1. The van der Waals surface area contributed by atoms with Gasteiger partial charge in [0.15, 0.2) is 0 Å². The lowest BCUT2D eigenvalue weighted by Gasteiger charge is -2.21. The zero-order valence-electron chi connectivity index (χ0n) is 10.2. The average Bonchev–Trinajstić information content (AvgIpc) is 2.31. The molecule has 0 saturated heterocycles. The Kier molecular flexibility index (Phi) is 5.42. The van der Waals surface area contributed by atoms with Crippen molar-refractivity contribution in [1.82, 2.24) is 4.90 Å². The van der Waals surface area contributed by atoms with Gasteiger partial charge in [-0.2, -0.15) is 0 Å². The summed E-state index contributed by atoms with van der Waals surface area (Å²) < 4.78 is 13.1. The van der Waals surface area contributed by atoms with Crippen LogP contribution >= 0.6 is 11.6 Å². The van der Waals surface area contributed by atoms with E-state index in [2.05, 4.69) is 0 Å². The highest BCUT2D eigenvalue weighted by Crippen LogP contribution is 2.12. The van der Waals surface area contributed by atoms with Crippen molar-refractivity contribution >= 4 is 17.5 Å². The quantitative estimate of drug-likeness (QED) is 0.742. The third-order valence-corrected chi connectivity index (χ3v) is 2.71. The summed E-state index contributed by atoms with van der Waals surface area (Å²) in [5.41, 5.74) is 1.00. The lowest BCUT2D eigenvalue weighted by Crippen LogP contribution is -2.33. The van der Waals surface area contributed by atoms with Crippen LogP contribution in [-0.4, -0.2) is 29.8 Å². The van der Waals surface area contributed by atoms with Crippen LogP contribution in [0.15, 0.2) is 18.2 Å². The molecule has 1 aromatic carbocycles. The maximum Gasteiger partial charge on any atom is 0.253 e. The van der Waals surface area contributed by atoms with Crippen molar-refractivity contribution in [2.75, 3.05) is 19.0 Å². The lowest BCUT2D eigenvalue weighted by molar-refractivity contribution is 0.0765. The third-order valence-electron chi connectivity index (χ3n) is 2.54. The van der Waals surface area contributed by atoms with Gasteiger partial charge in [0.1, 0.15) is 5.82 Å². The van der Waals surface area contributed by atoms with E-state index in [0.717, 1.165) is 6.42 Å². The summed E-state index contributed by atoms with van der Waals surface area (Å²) >= 11 is 5.67. The molecule has 2 nitrogen and oxygen atoms in total. The van der Waals surface area contributed by atoms with Crippen LogP contribution in [0.1, 0.15) is 29.3 Å². The molecule has 94 valence electrons. The van der Waals surface area contributed by atoms with Gasteiger partial charge in [-0.15, -0.1) is 11.6 Å². The molecule has 0 aliphatic carbocycles. The van der Waals surface area contributed by atoms with E-state index in [1.54, 1.807) is 17.9 Å². The Morgan fingerprint density at radius 2 is 2.12 bits per heavy atom. The summed E-state index contributed by atoms with van der Waals surface area (Å²) in [5, 5.41) is 0. The maximum atomic E-state index is 13.1. The highest BCUT2D eigenvalue weighted by Gasteiger charge is 2.15. The molecule has 0 radical (unpaired) electrons. The first kappa shape index (κ1) is 14.0. The standard InChI is InChI=1S/C13H17ClFNO/c1-3-7-16(8-6-14)13(17)11-4-5-12(15)10(2)9-11/h4-5,9H,3,6-8H2,1-2H3. The largest absolute Gasteiger partial charge is 0.337 e. The zero-order valence-corrected chi connectivity index (χ0v) is 10.9. The molecule has 0 atom stereocenters. The first-order chi connectivity index (χ1) is 8.10. The third kappa shape index (κ3) is 3.70. The van der Waals surface area contributed by atoms with Crippen molar-refractivity contribution in [3.63, 3.8) is 0 Å². The number of carbonyl (C=O) groups excluding carboxylic acids is 1. The molecule has 1 aromatic rings. The van der Waals surface area contributed by atoms with Crippen LogP contribution < -0.4 is 0 Å². The molecule has 0 aromatic heterocycles. The number of hydrogen-bond donors (Lipinski definition) is 0. The number of alkyl halides is 1. The summed E-state index contributed by atoms with van der Waals surface area (Å²) in [6, 6.07) is 4.42. The average molecular weight is 258 g/mol. The number of hydrogen-bond acceptors (Lipinski definition) is 1. The van der Waals surface area contributed by atoms with E-state index >= 15 is 0 Å². The molecular formula is C13H17ClFNO. The van der Waals surface area contributed by atoms with Crippen molar-refractivity contribution in [1.29, 1.82) is 0 Å². The molecule has 0 N–H and O–H groups in total. The van der Waals surface area contributed by atoms with Gasteiger partial charge in [0.2, 0.25) is 0 Å². The fourth-order valence-electron chi connectivity index (χ4n) is 1.65. The number of rotatable bonds is 5. The van der Waals surface area contributed by atoms with Crippen molar-refractivity contribution in [2.24, 2.45) is 0 Å². The fourth-order valence-corrected chi connectivity index (χ4v) is 1.85. The smallest absolute Gasteiger partial charge is 0.253 e. The minimum Gasteiger partial charge on any atom is -0.337 e. The van der Waals surface area contributed by atoms with E-state index in [1.807, 2.05) is 6.92 Å². The van der Waals surface area contributed by atoms with Gasteiger partial charge in [-0.25, -0.2) is 4.39 Å². The van der Waals surface area contributed by atoms with Crippen LogP contribution in [0.3, 0.4) is 0 Å². The lowest BCUT2D eigenvalue weighted by atomic mass is 10.1. The minimum absolute atomic E-state index is 0.0874. The monoisotopic (exact) mass is 257 g/mol. The van der Waals surface area contributed by atoms with Crippen LogP contribution in [0, 0.1) is 12.7 Å².